The maximum atomic E-state index is 13.9. The van der Waals surface area contributed by atoms with Crippen molar-refractivity contribution < 1.29 is 45.0 Å². The van der Waals surface area contributed by atoms with Gasteiger partial charge >= 0.3 is 18.3 Å². The molecule has 2 aromatic carbocycles. The molecule has 0 N–H and O–H groups in total. The quantitative estimate of drug-likeness (QED) is 0.123. The Morgan fingerprint density at radius 2 is 1.68 bits per heavy atom. The second kappa shape index (κ2) is 12.6. The molecule has 0 saturated carbocycles. The highest BCUT2D eigenvalue weighted by atomic mass is 19.4. The van der Waals surface area contributed by atoms with Gasteiger partial charge in [0.2, 0.25) is 0 Å². The van der Waals surface area contributed by atoms with Crippen LogP contribution in [0.1, 0.15) is 64.5 Å². The first kappa shape index (κ1) is 31.4. The van der Waals surface area contributed by atoms with Gasteiger partial charge in [0.05, 0.1) is 24.5 Å². The SMILES string of the molecule is CCCCCc1ccc(-c2cc3ccc(OCC(C)(COC(=O)C(C)C)CC(F)(F)F)cc3o2)c(C(F)(F)F)c1. The number of furan rings is 1. The Labute approximate surface area is 229 Å². The van der Waals surface area contributed by atoms with Crippen LogP contribution >= 0.6 is 0 Å². The van der Waals surface area contributed by atoms with Crippen molar-refractivity contribution in [1.29, 1.82) is 0 Å². The molecule has 10 heteroatoms. The first-order valence-corrected chi connectivity index (χ1v) is 13.2. The van der Waals surface area contributed by atoms with Gasteiger partial charge in [0, 0.05) is 22.4 Å². The van der Waals surface area contributed by atoms with Crippen molar-refractivity contribution in [3.8, 4) is 17.1 Å². The van der Waals surface area contributed by atoms with E-state index in [9.17, 15) is 31.1 Å². The molecule has 1 heterocycles. The molecule has 0 aliphatic heterocycles. The molecule has 0 spiro atoms. The van der Waals surface area contributed by atoms with Crippen LogP contribution in [0.15, 0.2) is 46.9 Å². The highest BCUT2D eigenvalue weighted by Gasteiger charge is 2.41. The van der Waals surface area contributed by atoms with Gasteiger partial charge in [0.1, 0.15) is 23.7 Å². The molecule has 3 aromatic rings. The molecule has 0 radical (unpaired) electrons. The van der Waals surface area contributed by atoms with Gasteiger partial charge in [-0.05, 0) is 42.7 Å². The van der Waals surface area contributed by atoms with Crippen LogP contribution in [0.4, 0.5) is 26.3 Å². The van der Waals surface area contributed by atoms with Crippen LogP contribution in [0.25, 0.3) is 22.3 Å². The van der Waals surface area contributed by atoms with E-state index in [1.165, 1.54) is 31.2 Å². The first-order chi connectivity index (χ1) is 18.6. The first-order valence-electron chi connectivity index (χ1n) is 13.2. The molecular formula is C30H34F6O4. The number of carbonyl (C=O) groups excluding carboxylic acids is 1. The molecule has 40 heavy (non-hydrogen) atoms. The largest absolute Gasteiger partial charge is 0.493 e. The van der Waals surface area contributed by atoms with Gasteiger partial charge in [-0.2, -0.15) is 26.3 Å². The third kappa shape index (κ3) is 8.66. The van der Waals surface area contributed by atoms with Crippen LogP contribution in [-0.2, 0) is 22.1 Å². The minimum atomic E-state index is -4.59. The molecule has 0 bridgehead atoms. The number of ether oxygens (including phenoxy) is 2. The van der Waals surface area contributed by atoms with Crippen molar-refractivity contribution in [2.45, 2.75) is 72.2 Å². The van der Waals surface area contributed by atoms with Crippen LogP contribution in [-0.4, -0.2) is 25.4 Å². The van der Waals surface area contributed by atoms with Gasteiger partial charge in [0.15, 0.2) is 0 Å². The number of alkyl halides is 6. The summed E-state index contributed by atoms with van der Waals surface area (Å²) in [6, 6.07) is 10.2. The number of rotatable bonds is 12. The maximum absolute atomic E-state index is 13.9. The Morgan fingerprint density at radius 3 is 2.30 bits per heavy atom. The van der Waals surface area contributed by atoms with E-state index in [4.69, 9.17) is 13.9 Å². The van der Waals surface area contributed by atoms with Crippen LogP contribution in [0.2, 0.25) is 0 Å². The molecule has 0 aliphatic rings. The second-order valence-electron chi connectivity index (χ2n) is 10.8. The summed E-state index contributed by atoms with van der Waals surface area (Å²) in [5.41, 5.74) is -1.65. The maximum Gasteiger partial charge on any atom is 0.417 e. The zero-order valence-electron chi connectivity index (χ0n) is 23.0. The standard InChI is InChI=1S/C30H34F6O4/c1-5-6-7-8-20-9-12-23(24(13-20)30(34,35)36)26-14-21-10-11-22(15-25(21)40-26)38-17-28(4,16-29(31,32)33)18-39-27(37)19(2)3/h9-15,19H,5-8,16-18H2,1-4H3. The third-order valence-electron chi connectivity index (χ3n) is 6.46. The summed E-state index contributed by atoms with van der Waals surface area (Å²) in [5, 5.41) is 0.506. The number of unbranched alkanes of at least 4 members (excludes halogenated alkanes) is 2. The molecule has 0 amide bonds. The minimum absolute atomic E-state index is 0.0158. The lowest BCUT2D eigenvalue weighted by atomic mass is 9.88. The van der Waals surface area contributed by atoms with Crippen LogP contribution in [0.3, 0.4) is 0 Å². The van der Waals surface area contributed by atoms with Crippen LogP contribution in [0, 0.1) is 11.3 Å². The van der Waals surface area contributed by atoms with Gasteiger partial charge < -0.3 is 13.9 Å². The van der Waals surface area contributed by atoms with Crippen molar-refractivity contribution >= 4 is 16.9 Å². The van der Waals surface area contributed by atoms with E-state index >= 15 is 0 Å². The number of aryl methyl sites for hydroxylation is 1. The zero-order valence-corrected chi connectivity index (χ0v) is 23.0. The summed E-state index contributed by atoms with van der Waals surface area (Å²) < 4.78 is 98.1. The fourth-order valence-corrected chi connectivity index (χ4v) is 4.31. The van der Waals surface area contributed by atoms with Crippen LogP contribution in [0.5, 0.6) is 5.75 Å². The molecule has 3 rings (SSSR count). The Hall–Kier alpha value is -3.17. The molecule has 4 nitrogen and oxygen atoms in total. The van der Waals surface area contributed by atoms with Crippen molar-refractivity contribution in [2.24, 2.45) is 11.3 Å². The minimum Gasteiger partial charge on any atom is -0.493 e. The lowest BCUT2D eigenvalue weighted by Crippen LogP contribution is -2.36. The molecule has 1 atom stereocenters. The number of esters is 1. The lowest BCUT2D eigenvalue weighted by molar-refractivity contribution is -0.175. The monoisotopic (exact) mass is 572 g/mol. The average Bonchev–Trinajstić information content (AvgIpc) is 3.28. The number of hydrogen-bond donors (Lipinski definition) is 0. The van der Waals surface area contributed by atoms with Crippen molar-refractivity contribution in [3.05, 3.63) is 53.6 Å². The lowest BCUT2D eigenvalue weighted by Gasteiger charge is -2.30. The van der Waals surface area contributed by atoms with Crippen LogP contribution < -0.4 is 4.74 Å². The molecule has 0 saturated heterocycles. The fraction of sp³-hybridized carbons (Fsp3) is 0.500. The summed E-state index contributed by atoms with van der Waals surface area (Å²) >= 11 is 0. The molecule has 220 valence electrons. The predicted molar refractivity (Wildman–Crippen MR) is 140 cm³/mol. The van der Waals surface area contributed by atoms with E-state index in [2.05, 4.69) is 0 Å². The summed E-state index contributed by atoms with van der Waals surface area (Å²) in [5.74, 6) is -0.937. The van der Waals surface area contributed by atoms with E-state index < -0.39 is 54.9 Å². The summed E-state index contributed by atoms with van der Waals surface area (Å²) in [6.07, 6.45) is -7.13. The summed E-state index contributed by atoms with van der Waals surface area (Å²) in [7, 11) is 0. The summed E-state index contributed by atoms with van der Waals surface area (Å²) in [6.45, 7) is 5.56. The third-order valence-corrected chi connectivity index (χ3v) is 6.46. The van der Waals surface area contributed by atoms with Gasteiger partial charge in [-0.1, -0.05) is 52.7 Å². The van der Waals surface area contributed by atoms with Gasteiger partial charge in [-0.15, -0.1) is 0 Å². The Morgan fingerprint density at radius 1 is 0.950 bits per heavy atom. The molecular weight excluding hydrogens is 538 g/mol. The molecule has 1 unspecified atom stereocenters. The average molecular weight is 573 g/mol. The predicted octanol–water partition coefficient (Wildman–Crippen LogP) is 9.39. The topological polar surface area (TPSA) is 48.7 Å². The fourth-order valence-electron chi connectivity index (χ4n) is 4.31. The van der Waals surface area contributed by atoms with E-state index in [0.717, 1.165) is 25.3 Å². The van der Waals surface area contributed by atoms with E-state index in [0.29, 0.717) is 17.4 Å². The Balaban J connectivity index is 1.84. The van der Waals surface area contributed by atoms with E-state index in [-0.39, 0.29) is 22.7 Å². The van der Waals surface area contributed by atoms with Crippen molar-refractivity contribution in [2.75, 3.05) is 13.2 Å². The second-order valence-corrected chi connectivity index (χ2v) is 10.8. The number of halogens is 6. The summed E-state index contributed by atoms with van der Waals surface area (Å²) in [4.78, 5) is 11.8. The van der Waals surface area contributed by atoms with Gasteiger partial charge in [0.25, 0.3) is 0 Å². The number of hydrogen-bond acceptors (Lipinski definition) is 4. The van der Waals surface area contributed by atoms with Gasteiger partial charge in [-0.25, -0.2) is 0 Å². The number of benzene rings is 2. The van der Waals surface area contributed by atoms with Crippen molar-refractivity contribution in [3.63, 3.8) is 0 Å². The van der Waals surface area contributed by atoms with Crippen molar-refractivity contribution in [1.82, 2.24) is 0 Å². The normalized spacial score (nSPS) is 14.0. The van der Waals surface area contributed by atoms with E-state index in [1.54, 1.807) is 26.0 Å². The molecule has 1 aromatic heterocycles. The Kier molecular flexibility index (Phi) is 9.85. The number of carbonyl (C=O) groups is 1. The highest BCUT2D eigenvalue weighted by Crippen LogP contribution is 2.40. The Bertz CT molecular complexity index is 1290. The smallest absolute Gasteiger partial charge is 0.417 e. The highest BCUT2D eigenvalue weighted by molar-refractivity contribution is 5.84. The molecule has 0 fully saturated rings. The zero-order chi connectivity index (χ0) is 29.7. The van der Waals surface area contributed by atoms with Gasteiger partial charge in [-0.3, -0.25) is 4.79 Å². The molecule has 0 aliphatic carbocycles. The van der Waals surface area contributed by atoms with E-state index in [1.807, 2.05) is 6.92 Å². The number of fused-ring (bicyclic) bond motifs is 1.